The second kappa shape index (κ2) is 14.3. The van der Waals surface area contributed by atoms with Crippen molar-refractivity contribution in [2.75, 3.05) is 6.61 Å². The monoisotopic (exact) mass is 448 g/mol. The van der Waals surface area contributed by atoms with Gasteiger partial charge in [0, 0.05) is 6.61 Å². The summed E-state index contributed by atoms with van der Waals surface area (Å²) in [6, 6.07) is 5.05. The molecule has 1 fully saturated rings. The van der Waals surface area contributed by atoms with Crippen molar-refractivity contribution in [2.24, 2.45) is 0 Å². The average Bonchev–Trinajstić information content (AvgIpc) is 2.82. The highest BCUT2D eigenvalue weighted by Gasteiger charge is 2.21. The maximum atomic E-state index is 12.9. The molecule has 180 valence electrons. The lowest BCUT2D eigenvalue weighted by Gasteiger charge is -2.23. The number of carbonyl (C=O) groups excluding carboxylic acids is 2. The molecule has 0 N–H and O–H groups in total. The van der Waals surface area contributed by atoms with Gasteiger partial charge in [-0.25, -0.2) is 9.59 Å². The molecule has 1 aliphatic rings. The zero-order valence-corrected chi connectivity index (χ0v) is 20.2. The summed E-state index contributed by atoms with van der Waals surface area (Å²) in [5.74, 6) is -0.841. The summed E-state index contributed by atoms with van der Waals surface area (Å²) in [6.45, 7) is 9.09. The molecular weight excluding hydrogens is 408 g/mol. The SMILES string of the molecule is CCCC(CC)OC(=O)c1cc(COC2CCCCO2)cc(C(=O)OC(CC)CCC)c1. The van der Waals surface area contributed by atoms with Gasteiger partial charge in [-0.2, -0.15) is 0 Å². The van der Waals surface area contributed by atoms with Crippen LogP contribution in [0.15, 0.2) is 18.2 Å². The van der Waals surface area contributed by atoms with Crippen LogP contribution in [0, 0.1) is 0 Å². The van der Waals surface area contributed by atoms with Gasteiger partial charge < -0.3 is 18.9 Å². The van der Waals surface area contributed by atoms with Crippen molar-refractivity contribution in [3.05, 3.63) is 34.9 Å². The largest absolute Gasteiger partial charge is 0.459 e. The van der Waals surface area contributed by atoms with Crippen molar-refractivity contribution in [3.8, 4) is 0 Å². The van der Waals surface area contributed by atoms with Gasteiger partial charge in [0.15, 0.2) is 6.29 Å². The van der Waals surface area contributed by atoms with Crippen LogP contribution in [-0.2, 0) is 25.6 Å². The lowest BCUT2D eigenvalue weighted by molar-refractivity contribution is -0.168. The number of rotatable bonds is 13. The zero-order chi connectivity index (χ0) is 23.3. The molecule has 1 aromatic carbocycles. The molecule has 0 radical (unpaired) electrons. The van der Waals surface area contributed by atoms with Gasteiger partial charge in [0.05, 0.1) is 17.7 Å². The molecular formula is C26H40O6. The van der Waals surface area contributed by atoms with Crippen LogP contribution >= 0.6 is 0 Å². The molecule has 1 heterocycles. The molecule has 0 bridgehead atoms. The summed E-state index contributed by atoms with van der Waals surface area (Å²) in [5, 5.41) is 0. The van der Waals surface area contributed by atoms with E-state index in [9.17, 15) is 9.59 Å². The molecule has 32 heavy (non-hydrogen) atoms. The first-order valence-electron chi connectivity index (χ1n) is 12.3. The van der Waals surface area contributed by atoms with E-state index < -0.39 is 11.9 Å². The van der Waals surface area contributed by atoms with Gasteiger partial charge in [-0.15, -0.1) is 0 Å². The highest BCUT2D eigenvalue weighted by atomic mass is 16.7. The Hall–Kier alpha value is -1.92. The zero-order valence-electron chi connectivity index (χ0n) is 20.2. The van der Waals surface area contributed by atoms with E-state index in [2.05, 4.69) is 13.8 Å². The lowest BCUT2D eigenvalue weighted by Crippen LogP contribution is -2.22. The topological polar surface area (TPSA) is 71.1 Å². The third-order valence-corrected chi connectivity index (χ3v) is 5.72. The summed E-state index contributed by atoms with van der Waals surface area (Å²) in [5.41, 5.74) is 1.43. The van der Waals surface area contributed by atoms with Gasteiger partial charge in [-0.1, -0.05) is 40.5 Å². The minimum Gasteiger partial charge on any atom is -0.459 e. The van der Waals surface area contributed by atoms with E-state index in [1.54, 1.807) is 18.2 Å². The Morgan fingerprint density at radius 2 is 1.47 bits per heavy atom. The van der Waals surface area contributed by atoms with E-state index in [1.807, 2.05) is 13.8 Å². The maximum Gasteiger partial charge on any atom is 0.338 e. The molecule has 6 nitrogen and oxygen atoms in total. The third-order valence-electron chi connectivity index (χ3n) is 5.72. The van der Waals surface area contributed by atoms with Crippen molar-refractivity contribution in [2.45, 2.75) is 111 Å². The highest BCUT2D eigenvalue weighted by molar-refractivity contribution is 5.95. The number of benzene rings is 1. The number of ether oxygens (including phenoxy) is 4. The molecule has 0 amide bonds. The fraction of sp³-hybridized carbons (Fsp3) is 0.692. The fourth-order valence-electron chi connectivity index (χ4n) is 3.82. The molecule has 0 aliphatic carbocycles. The molecule has 0 saturated carbocycles. The van der Waals surface area contributed by atoms with Crippen molar-refractivity contribution in [1.82, 2.24) is 0 Å². The predicted octanol–water partition coefficient (Wildman–Crippen LogP) is 6.20. The Kier molecular flexibility index (Phi) is 11.7. The van der Waals surface area contributed by atoms with Gasteiger partial charge in [-0.3, -0.25) is 0 Å². The second-order valence-electron chi connectivity index (χ2n) is 8.47. The third kappa shape index (κ3) is 8.55. The Balaban J connectivity index is 2.21. The van der Waals surface area contributed by atoms with E-state index in [0.29, 0.717) is 17.7 Å². The normalized spacial score (nSPS) is 18.1. The molecule has 0 spiro atoms. The average molecular weight is 449 g/mol. The molecule has 1 aliphatic heterocycles. The van der Waals surface area contributed by atoms with Gasteiger partial charge in [-0.05, 0) is 68.7 Å². The molecule has 6 heteroatoms. The van der Waals surface area contributed by atoms with E-state index in [1.165, 1.54) is 0 Å². The van der Waals surface area contributed by atoms with Crippen LogP contribution in [0.5, 0.6) is 0 Å². The Bertz CT molecular complexity index is 664. The summed E-state index contributed by atoms with van der Waals surface area (Å²) < 4.78 is 22.9. The van der Waals surface area contributed by atoms with Crippen LogP contribution in [-0.4, -0.2) is 37.0 Å². The first kappa shape index (κ1) is 26.3. The highest BCUT2D eigenvalue weighted by Crippen LogP contribution is 2.20. The molecule has 1 aromatic rings. The first-order chi connectivity index (χ1) is 15.5. The summed E-state index contributed by atoms with van der Waals surface area (Å²) >= 11 is 0. The Morgan fingerprint density at radius 3 is 1.91 bits per heavy atom. The fourth-order valence-corrected chi connectivity index (χ4v) is 3.82. The number of hydrogen-bond donors (Lipinski definition) is 0. The number of carbonyl (C=O) groups is 2. The minimum atomic E-state index is -0.421. The summed E-state index contributed by atoms with van der Waals surface area (Å²) in [7, 11) is 0. The standard InChI is InChI=1S/C26H40O6/c1-5-11-22(7-3)31-25(27)20-15-19(18-30-24-13-9-10-14-29-24)16-21(17-20)26(28)32-23(8-4)12-6-2/h15-17,22-24H,5-14,18H2,1-4H3. The van der Waals surface area contributed by atoms with Crippen molar-refractivity contribution in [3.63, 3.8) is 0 Å². The summed E-state index contributed by atoms with van der Waals surface area (Å²) in [6.07, 6.45) is 7.46. The molecule has 1 saturated heterocycles. The predicted molar refractivity (Wildman–Crippen MR) is 124 cm³/mol. The molecule has 0 aromatic heterocycles. The van der Waals surface area contributed by atoms with Crippen LogP contribution in [0.1, 0.15) is 112 Å². The maximum absolute atomic E-state index is 12.9. The van der Waals surface area contributed by atoms with E-state index in [0.717, 1.165) is 63.4 Å². The van der Waals surface area contributed by atoms with Crippen LogP contribution in [0.25, 0.3) is 0 Å². The van der Waals surface area contributed by atoms with Crippen molar-refractivity contribution >= 4 is 11.9 Å². The lowest BCUT2D eigenvalue weighted by atomic mass is 10.1. The number of esters is 2. The van der Waals surface area contributed by atoms with Gasteiger partial charge >= 0.3 is 11.9 Å². The van der Waals surface area contributed by atoms with Crippen LogP contribution in [0.4, 0.5) is 0 Å². The van der Waals surface area contributed by atoms with Crippen LogP contribution < -0.4 is 0 Å². The molecule has 2 rings (SSSR count). The van der Waals surface area contributed by atoms with Gasteiger partial charge in [0.1, 0.15) is 12.2 Å². The van der Waals surface area contributed by atoms with E-state index in [-0.39, 0.29) is 25.1 Å². The van der Waals surface area contributed by atoms with Gasteiger partial charge in [0.25, 0.3) is 0 Å². The molecule has 3 atom stereocenters. The van der Waals surface area contributed by atoms with E-state index >= 15 is 0 Å². The smallest absolute Gasteiger partial charge is 0.338 e. The second-order valence-corrected chi connectivity index (χ2v) is 8.47. The molecule has 3 unspecified atom stereocenters. The van der Waals surface area contributed by atoms with Crippen molar-refractivity contribution < 1.29 is 28.5 Å². The quantitative estimate of drug-likeness (QED) is 0.335. The van der Waals surface area contributed by atoms with Crippen LogP contribution in [0.2, 0.25) is 0 Å². The number of hydrogen-bond acceptors (Lipinski definition) is 6. The van der Waals surface area contributed by atoms with Crippen LogP contribution in [0.3, 0.4) is 0 Å². The first-order valence-corrected chi connectivity index (χ1v) is 12.3. The Morgan fingerprint density at radius 1 is 0.906 bits per heavy atom. The van der Waals surface area contributed by atoms with E-state index in [4.69, 9.17) is 18.9 Å². The van der Waals surface area contributed by atoms with Gasteiger partial charge in [0.2, 0.25) is 0 Å². The minimum absolute atomic E-state index is 0.132. The van der Waals surface area contributed by atoms with Crippen molar-refractivity contribution in [1.29, 1.82) is 0 Å². The summed E-state index contributed by atoms with van der Waals surface area (Å²) in [4.78, 5) is 25.7. The Labute approximate surface area is 193 Å².